The third-order valence-electron chi connectivity index (χ3n) is 5.70. The van der Waals surface area contributed by atoms with Crippen molar-refractivity contribution < 1.29 is 9.18 Å². The number of hydrogen-bond donors (Lipinski definition) is 1. The first-order valence-corrected chi connectivity index (χ1v) is 9.30. The van der Waals surface area contributed by atoms with Crippen LogP contribution >= 0.6 is 0 Å². The lowest BCUT2D eigenvalue weighted by Gasteiger charge is -2.34. The standard InChI is InChI=1S/C23H19FN2O/c24-18-10-8-17(9-11-18)23(16-4-2-1-3-5-16)13-12-19-20(14-23)25-26-21(19)22(27)15-6-7-15/h1-5,8-13,15H,6-7,14H2,(H,25,26)/t23-/m0/s1. The van der Waals surface area contributed by atoms with Gasteiger partial charge in [-0.1, -0.05) is 54.6 Å². The van der Waals surface area contributed by atoms with Gasteiger partial charge in [0.05, 0.1) is 0 Å². The Balaban J connectivity index is 1.63. The minimum atomic E-state index is -0.422. The number of aromatic amines is 1. The Morgan fingerprint density at radius 2 is 1.74 bits per heavy atom. The molecule has 0 saturated heterocycles. The molecule has 1 fully saturated rings. The van der Waals surface area contributed by atoms with Crippen molar-refractivity contribution in [3.63, 3.8) is 0 Å². The molecule has 3 aromatic rings. The number of aromatic nitrogens is 2. The number of H-pyrrole nitrogens is 1. The van der Waals surface area contributed by atoms with Crippen LogP contribution in [0.25, 0.3) is 6.08 Å². The van der Waals surface area contributed by atoms with Crippen LogP contribution in [0.1, 0.15) is 45.7 Å². The van der Waals surface area contributed by atoms with E-state index in [-0.39, 0.29) is 17.5 Å². The molecular formula is C23H19FN2O. The quantitative estimate of drug-likeness (QED) is 0.687. The predicted molar refractivity (Wildman–Crippen MR) is 102 cm³/mol. The van der Waals surface area contributed by atoms with Crippen LogP contribution < -0.4 is 0 Å². The summed E-state index contributed by atoms with van der Waals surface area (Å²) >= 11 is 0. The number of carbonyl (C=O) groups excluding carboxylic acids is 1. The summed E-state index contributed by atoms with van der Waals surface area (Å²) in [6, 6.07) is 16.9. The average Bonchev–Trinajstić information content (AvgIpc) is 3.48. The van der Waals surface area contributed by atoms with Crippen molar-refractivity contribution in [2.75, 3.05) is 0 Å². The van der Waals surface area contributed by atoms with Crippen molar-refractivity contribution in [1.29, 1.82) is 0 Å². The number of fused-ring (bicyclic) bond motifs is 1. The summed E-state index contributed by atoms with van der Waals surface area (Å²) in [5.74, 6) is 0.0381. The summed E-state index contributed by atoms with van der Waals surface area (Å²) in [4.78, 5) is 12.5. The minimum absolute atomic E-state index is 0.142. The maximum Gasteiger partial charge on any atom is 0.186 e. The zero-order valence-corrected chi connectivity index (χ0v) is 14.8. The van der Waals surface area contributed by atoms with Crippen LogP contribution in [0.3, 0.4) is 0 Å². The molecule has 1 atom stereocenters. The van der Waals surface area contributed by atoms with E-state index in [4.69, 9.17) is 0 Å². The summed E-state index contributed by atoms with van der Waals surface area (Å²) in [7, 11) is 0. The van der Waals surface area contributed by atoms with Crippen LogP contribution in [-0.2, 0) is 11.8 Å². The second-order valence-electron chi connectivity index (χ2n) is 7.46. The number of allylic oxidation sites excluding steroid dienone is 1. The predicted octanol–water partition coefficient (Wildman–Crippen LogP) is 4.70. The van der Waals surface area contributed by atoms with Gasteiger partial charge < -0.3 is 0 Å². The third-order valence-corrected chi connectivity index (χ3v) is 5.70. The molecular weight excluding hydrogens is 339 g/mol. The molecule has 1 heterocycles. The second-order valence-corrected chi connectivity index (χ2v) is 7.46. The molecule has 3 nitrogen and oxygen atoms in total. The molecule has 0 radical (unpaired) electrons. The Labute approximate surface area is 156 Å². The molecule has 4 heteroatoms. The highest BCUT2D eigenvalue weighted by atomic mass is 19.1. The minimum Gasteiger partial charge on any atom is -0.292 e. The molecule has 0 unspecified atom stereocenters. The first kappa shape index (κ1) is 16.2. The van der Waals surface area contributed by atoms with Crippen molar-refractivity contribution >= 4 is 11.9 Å². The topological polar surface area (TPSA) is 45.8 Å². The zero-order valence-electron chi connectivity index (χ0n) is 14.8. The van der Waals surface area contributed by atoms with Gasteiger partial charge in [0.2, 0.25) is 0 Å². The number of halogens is 1. The van der Waals surface area contributed by atoms with E-state index in [1.54, 1.807) is 0 Å². The number of hydrogen-bond acceptors (Lipinski definition) is 2. The highest BCUT2D eigenvalue weighted by molar-refractivity contribution is 6.01. The lowest BCUT2D eigenvalue weighted by molar-refractivity contribution is 0.0962. The van der Waals surface area contributed by atoms with Gasteiger partial charge in [-0.15, -0.1) is 0 Å². The number of carbonyl (C=O) groups is 1. The van der Waals surface area contributed by atoms with Crippen LogP contribution in [0.5, 0.6) is 0 Å². The summed E-state index contributed by atoms with van der Waals surface area (Å²) in [5, 5.41) is 7.44. The van der Waals surface area contributed by atoms with E-state index in [0.717, 1.165) is 35.2 Å². The largest absolute Gasteiger partial charge is 0.292 e. The summed E-state index contributed by atoms with van der Waals surface area (Å²) in [6.07, 6.45) is 6.73. The van der Waals surface area contributed by atoms with Gasteiger partial charge in [0, 0.05) is 29.0 Å². The Morgan fingerprint density at radius 1 is 1.04 bits per heavy atom. The normalized spacial score (nSPS) is 21.1. The van der Waals surface area contributed by atoms with Crippen molar-refractivity contribution in [2.24, 2.45) is 5.92 Å². The summed E-state index contributed by atoms with van der Waals surface area (Å²) < 4.78 is 13.5. The number of rotatable bonds is 4. The van der Waals surface area contributed by atoms with Crippen LogP contribution in [0, 0.1) is 11.7 Å². The van der Waals surface area contributed by atoms with Crippen LogP contribution in [0.2, 0.25) is 0 Å². The maximum absolute atomic E-state index is 13.5. The van der Waals surface area contributed by atoms with Gasteiger partial charge in [0.1, 0.15) is 11.5 Å². The second kappa shape index (κ2) is 6.02. The van der Waals surface area contributed by atoms with Crippen LogP contribution in [0.15, 0.2) is 60.7 Å². The van der Waals surface area contributed by atoms with Gasteiger partial charge in [-0.3, -0.25) is 9.89 Å². The molecule has 0 aliphatic heterocycles. The van der Waals surface area contributed by atoms with Crippen molar-refractivity contribution in [2.45, 2.75) is 24.7 Å². The van der Waals surface area contributed by atoms with E-state index in [2.05, 4.69) is 28.4 Å². The maximum atomic E-state index is 13.5. The Hall–Kier alpha value is -3.01. The van der Waals surface area contributed by atoms with Gasteiger partial charge in [-0.2, -0.15) is 5.10 Å². The lowest BCUT2D eigenvalue weighted by Crippen LogP contribution is -2.30. The molecule has 1 N–H and O–H groups in total. The Bertz CT molecular complexity index is 1030. The van der Waals surface area contributed by atoms with Gasteiger partial charge in [-0.05, 0) is 36.1 Å². The number of ketones is 1. The molecule has 134 valence electrons. The smallest absolute Gasteiger partial charge is 0.186 e. The summed E-state index contributed by atoms with van der Waals surface area (Å²) in [6.45, 7) is 0. The average molecular weight is 358 g/mol. The van der Waals surface area contributed by atoms with E-state index in [1.165, 1.54) is 12.1 Å². The molecule has 27 heavy (non-hydrogen) atoms. The molecule has 2 aliphatic rings. The first-order valence-electron chi connectivity index (χ1n) is 9.30. The van der Waals surface area contributed by atoms with E-state index >= 15 is 0 Å². The highest BCUT2D eigenvalue weighted by Gasteiger charge is 2.39. The molecule has 1 aromatic heterocycles. The fraction of sp³-hybridized carbons (Fsp3) is 0.217. The zero-order chi connectivity index (χ0) is 18.4. The summed E-state index contributed by atoms with van der Waals surface area (Å²) in [5.41, 5.74) is 4.14. The number of Topliss-reactive ketones (excluding diaryl/α,β-unsaturated/α-hetero) is 1. The molecule has 2 aromatic carbocycles. The molecule has 5 rings (SSSR count). The van der Waals surface area contributed by atoms with E-state index in [1.807, 2.05) is 36.4 Å². The molecule has 0 spiro atoms. The van der Waals surface area contributed by atoms with Crippen LogP contribution in [-0.4, -0.2) is 16.0 Å². The fourth-order valence-electron chi connectivity index (χ4n) is 4.04. The van der Waals surface area contributed by atoms with Crippen molar-refractivity contribution in [3.8, 4) is 0 Å². The molecule has 0 bridgehead atoms. The van der Waals surface area contributed by atoms with Gasteiger partial charge in [0.15, 0.2) is 5.78 Å². The Kier molecular flexibility index (Phi) is 3.61. The third kappa shape index (κ3) is 2.64. The lowest BCUT2D eigenvalue weighted by atomic mass is 9.68. The van der Waals surface area contributed by atoms with Gasteiger partial charge >= 0.3 is 0 Å². The molecule has 0 amide bonds. The molecule has 1 saturated carbocycles. The van der Waals surface area contributed by atoms with E-state index < -0.39 is 5.41 Å². The van der Waals surface area contributed by atoms with E-state index in [9.17, 15) is 9.18 Å². The highest BCUT2D eigenvalue weighted by Crippen LogP contribution is 2.42. The molecule has 2 aliphatic carbocycles. The SMILES string of the molecule is O=C(c1n[nH]c2c1C=C[C@](c1ccccc1)(c1ccc(F)cc1)C2)C1CC1. The van der Waals surface area contributed by atoms with Gasteiger partial charge in [0.25, 0.3) is 0 Å². The number of benzene rings is 2. The number of nitrogens with zero attached hydrogens (tertiary/aromatic N) is 1. The van der Waals surface area contributed by atoms with Crippen LogP contribution in [0.4, 0.5) is 4.39 Å². The van der Waals surface area contributed by atoms with Crippen molar-refractivity contribution in [3.05, 3.63) is 94.6 Å². The van der Waals surface area contributed by atoms with Gasteiger partial charge in [-0.25, -0.2) is 4.39 Å². The van der Waals surface area contributed by atoms with E-state index in [0.29, 0.717) is 12.1 Å². The van der Waals surface area contributed by atoms with Crippen molar-refractivity contribution in [1.82, 2.24) is 10.2 Å². The Morgan fingerprint density at radius 3 is 2.44 bits per heavy atom. The first-order chi connectivity index (χ1) is 13.2. The monoisotopic (exact) mass is 358 g/mol. The number of nitrogens with one attached hydrogen (secondary N) is 1. The fourth-order valence-corrected chi connectivity index (χ4v) is 4.04.